The van der Waals surface area contributed by atoms with Crippen molar-refractivity contribution in [2.75, 3.05) is 43.5 Å². The van der Waals surface area contributed by atoms with Crippen LogP contribution in [0, 0.1) is 6.92 Å². The number of hydrogen-bond donors (Lipinski definition) is 1. The van der Waals surface area contributed by atoms with Crippen LogP contribution in [-0.2, 0) is 4.79 Å². The molecule has 1 unspecified atom stereocenters. The van der Waals surface area contributed by atoms with Gasteiger partial charge in [0.15, 0.2) is 0 Å². The molecular formula is C26H31N5O2. The molecule has 3 aromatic rings. The maximum atomic E-state index is 13.2. The molecular weight excluding hydrogens is 414 g/mol. The third-order valence-electron chi connectivity index (χ3n) is 5.99. The SMILES string of the molecule is CCC(C(=O)N1CCN(c2nc(C)cc(Nc3ccc(OC)cc3)n2)CC1)c1ccccc1. The summed E-state index contributed by atoms with van der Waals surface area (Å²) in [4.78, 5) is 26.7. The number of carbonyl (C=O) groups excluding carboxylic acids is 1. The number of rotatable bonds is 7. The quantitative estimate of drug-likeness (QED) is 0.582. The fraction of sp³-hybridized carbons (Fsp3) is 0.346. The van der Waals surface area contributed by atoms with Crippen molar-refractivity contribution in [3.8, 4) is 5.75 Å². The number of methoxy groups -OCH3 is 1. The second-order valence-corrected chi connectivity index (χ2v) is 8.23. The number of amides is 1. The molecule has 1 fully saturated rings. The van der Waals surface area contributed by atoms with Crippen molar-refractivity contribution in [1.29, 1.82) is 0 Å². The normalized spacial score (nSPS) is 14.6. The molecule has 1 N–H and O–H groups in total. The summed E-state index contributed by atoms with van der Waals surface area (Å²) in [6.45, 7) is 6.80. The van der Waals surface area contributed by atoms with E-state index < -0.39 is 0 Å². The van der Waals surface area contributed by atoms with Gasteiger partial charge in [0.05, 0.1) is 13.0 Å². The van der Waals surface area contributed by atoms with E-state index in [1.54, 1.807) is 7.11 Å². The van der Waals surface area contributed by atoms with E-state index >= 15 is 0 Å². The monoisotopic (exact) mass is 445 g/mol. The molecule has 1 aliphatic rings. The lowest BCUT2D eigenvalue weighted by atomic mass is 9.95. The highest BCUT2D eigenvalue weighted by atomic mass is 16.5. The van der Waals surface area contributed by atoms with Crippen LogP contribution in [0.2, 0.25) is 0 Å². The minimum Gasteiger partial charge on any atom is -0.497 e. The summed E-state index contributed by atoms with van der Waals surface area (Å²) in [6.07, 6.45) is 0.796. The smallest absolute Gasteiger partial charge is 0.230 e. The van der Waals surface area contributed by atoms with Gasteiger partial charge in [-0.05, 0) is 43.2 Å². The third-order valence-corrected chi connectivity index (χ3v) is 5.99. The van der Waals surface area contributed by atoms with Crippen LogP contribution in [0.3, 0.4) is 0 Å². The summed E-state index contributed by atoms with van der Waals surface area (Å²) in [5, 5.41) is 3.35. The van der Waals surface area contributed by atoms with Crippen LogP contribution in [0.25, 0.3) is 0 Å². The topological polar surface area (TPSA) is 70.6 Å². The van der Waals surface area contributed by atoms with Crippen LogP contribution >= 0.6 is 0 Å². The number of hydrogen-bond acceptors (Lipinski definition) is 6. The van der Waals surface area contributed by atoms with Gasteiger partial charge in [-0.3, -0.25) is 4.79 Å². The summed E-state index contributed by atoms with van der Waals surface area (Å²) in [7, 11) is 1.65. The Morgan fingerprint density at radius 1 is 1.03 bits per heavy atom. The molecule has 0 radical (unpaired) electrons. The van der Waals surface area contributed by atoms with Crippen LogP contribution in [0.15, 0.2) is 60.7 Å². The molecule has 1 atom stereocenters. The lowest BCUT2D eigenvalue weighted by molar-refractivity contribution is -0.133. The van der Waals surface area contributed by atoms with Gasteiger partial charge in [-0.25, -0.2) is 4.98 Å². The first-order valence-electron chi connectivity index (χ1n) is 11.4. The Balaban J connectivity index is 1.41. The standard InChI is InChI=1S/C26H31N5O2/c1-4-23(20-8-6-5-7-9-20)25(32)30-14-16-31(17-15-30)26-27-19(2)18-24(29-26)28-21-10-12-22(33-3)13-11-21/h5-13,18,23H,4,14-17H2,1-3H3,(H,27,28,29). The number of carbonyl (C=O) groups is 1. The molecule has 33 heavy (non-hydrogen) atoms. The molecule has 4 rings (SSSR count). The first-order chi connectivity index (χ1) is 16.1. The molecule has 0 aliphatic carbocycles. The Morgan fingerprint density at radius 2 is 1.73 bits per heavy atom. The van der Waals surface area contributed by atoms with Gasteiger partial charge < -0.3 is 19.9 Å². The highest BCUT2D eigenvalue weighted by Crippen LogP contribution is 2.24. The fourth-order valence-corrected chi connectivity index (χ4v) is 4.17. The number of nitrogens with one attached hydrogen (secondary N) is 1. The van der Waals surface area contributed by atoms with Crippen LogP contribution in [0.4, 0.5) is 17.5 Å². The lowest BCUT2D eigenvalue weighted by Crippen LogP contribution is -2.50. The largest absolute Gasteiger partial charge is 0.497 e. The van der Waals surface area contributed by atoms with Gasteiger partial charge in [0, 0.05) is 43.6 Å². The molecule has 1 saturated heterocycles. The molecule has 172 valence electrons. The second kappa shape index (κ2) is 10.3. The van der Waals surface area contributed by atoms with Gasteiger partial charge >= 0.3 is 0 Å². The van der Waals surface area contributed by atoms with Crippen molar-refractivity contribution in [1.82, 2.24) is 14.9 Å². The van der Waals surface area contributed by atoms with Crippen LogP contribution in [-0.4, -0.2) is 54.1 Å². The number of aromatic nitrogens is 2. The molecule has 0 saturated carbocycles. The molecule has 1 aliphatic heterocycles. The van der Waals surface area contributed by atoms with E-state index in [0.717, 1.165) is 34.9 Å². The van der Waals surface area contributed by atoms with E-state index in [0.29, 0.717) is 32.1 Å². The Morgan fingerprint density at radius 3 is 2.36 bits per heavy atom. The van der Waals surface area contributed by atoms with Gasteiger partial charge in [0.25, 0.3) is 0 Å². The number of ether oxygens (including phenoxy) is 1. The van der Waals surface area contributed by atoms with E-state index in [1.165, 1.54) is 0 Å². The number of nitrogens with zero attached hydrogens (tertiary/aromatic N) is 4. The van der Waals surface area contributed by atoms with Gasteiger partial charge in [-0.2, -0.15) is 4.98 Å². The first kappa shape index (κ1) is 22.6. The average Bonchev–Trinajstić information content (AvgIpc) is 2.85. The number of piperazine rings is 1. The second-order valence-electron chi connectivity index (χ2n) is 8.23. The van der Waals surface area contributed by atoms with Crippen LogP contribution < -0.4 is 15.0 Å². The number of benzene rings is 2. The molecule has 7 nitrogen and oxygen atoms in total. The van der Waals surface area contributed by atoms with Crippen molar-refractivity contribution < 1.29 is 9.53 Å². The third kappa shape index (κ3) is 5.42. The number of aryl methyl sites for hydroxylation is 1. The van der Waals surface area contributed by atoms with E-state index in [1.807, 2.05) is 72.5 Å². The molecule has 1 aromatic heterocycles. The first-order valence-corrected chi connectivity index (χ1v) is 11.4. The van der Waals surface area contributed by atoms with E-state index in [4.69, 9.17) is 9.72 Å². The Labute approximate surface area is 195 Å². The molecule has 1 amide bonds. The summed E-state index contributed by atoms with van der Waals surface area (Å²) >= 11 is 0. The zero-order valence-electron chi connectivity index (χ0n) is 19.5. The van der Waals surface area contributed by atoms with E-state index in [9.17, 15) is 4.79 Å². The summed E-state index contributed by atoms with van der Waals surface area (Å²) in [6, 6.07) is 19.7. The van der Waals surface area contributed by atoms with Crippen molar-refractivity contribution in [2.45, 2.75) is 26.2 Å². The highest BCUT2D eigenvalue weighted by Gasteiger charge is 2.28. The van der Waals surface area contributed by atoms with Gasteiger partial charge in [-0.1, -0.05) is 37.3 Å². The Hall–Kier alpha value is -3.61. The van der Waals surface area contributed by atoms with Gasteiger partial charge in [0.1, 0.15) is 11.6 Å². The summed E-state index contributed by atoms with van der Waals surface area (Å²) in [5.41, 5.74) is 2.91. The molecule has 0 spiro atoms. The van der Waals surface area contributed by atoms with Crippen molar-refractivity contribution in [3.63, 3.8) is 0 Å². The minimum atomic E-state index is -0.0896. The fourth-order valence-electron chi connectivity index (χ4n) is 4.17. The zero-order valence-corrected chi connectivity index (χ0v) is 19.5. The molecule has 7 heteroatoms. The van der Waals surface area contributed by atoms with Crippen LogP contribution in [0.5, 0.6) is 5.75 Å². The Bertz CT molecular complexity index is 1060. The Kier molecular flexibility index (Phi) is 7.07. The summed E-state index contributed by atoms with van der Waals surface area (Å²) in [5.74, 6) is 2.36. The lowest BCUT2D eigenvalue weighted by Gasteiger charge is -2.36. The average molecular weight is 446 g/mol. The van der Waals surface area contributed by atoms with Crippen molar-refractivity contribution >= 4 is 23.4 Å². The summed E-state index contributed by atoms with van der Waals surface area (Å²) < 4.78 is 5.22. The van der Waals surface area contributed by atoms with Crippen molar-refractivity contribution in [3.05, 3.63) is 71.9 Å². The van der Waals surface area contributed by atoms with E-state index in [-0.39, 0.29) is 11.8 Å². The molecule has 2 heterocycles. The minimum absolute atomic E-state index is 0.0896. The predicted molar refractivity (Wildman–Crippen MR) is 131 cm³/mol. The van der Waals surface area contributed by atoms with Crippen LogP contribution in [0.1, 0.15) is 30.5 Å². The maximum Gasteiger partial charge on any atom is 0.230 e. The zero-order chi connectivity index (χ0) is 23.2. The highest BCUT2D eigenvalue weighted by molar-refractivity contribution is 5.84. The molecule has 2 aromatic carbocycles. The maximum absolute atomic E-state index is 13.2. The van der Waals surface area contributed by atoms with Crippen molar-refractivity contribution in [2.24, 2.45) is 0 Å². The van der Waals surface area contributed by atoms with E-state index in [2.05, 4.69) is 22.1 Å². The number of anilines is 3. The van der Waals surface area contributed by atoms with Gasteiger partial charge in [0.2, 0.25) is 11.9 Å². The predicted octanol–water partition coefficient (Wildman–Crippen LogP) is 4.38. The molecule has 0 bridgehead atoms. The van der Waals surface area contributed by atoms with Gasteiger partial charge in [-0.15, -0.1) is 0 Å².